The quantitative estimate of drug-likeness (QED) is 0.764. The Balaban J connectivity index is 2.06. The number of nitrogens with one attached hydrogen (secondary N) is 2. The number of H-pyrrole nitrogens is 1. The fourth-order valence-corrected chi connectivity index (χ4v) is 2.15. The van der Waals surface area contributed by atoms with Gasteiger partial charge in [-0.3, -0.25) is 5.10 Å². The van der Waals surface area contributed by atoms with Crippen LogP contribution in [0.1, 0.15) is 17.7 Å². The predicted octanol–water partition coefficient (Wildman–Crippen LogP) is 2.74. The molecule has 1 aromatic heterocycles. The van der Waals surface area contributed by atoms with Crippen LogP contribution in [0.15, 0.2) is 24.3 Å². The first-order chi connectivity index (χ1) is 7.84. The van der Waals surface area contributed by atoms with Gasteiger partial charge in [0.1, 0.15) is 5.69 Å². The Morgan fingerprint density at radius 1 is 1.19 bits per heavy atom. The molecular weight excluding hydrogens is 198 g/mol. The third-order valence-corrected chi connectivity index (χ3v) is 3.07. The van der Waals surface area contributed by atoms with E-state index in [0.29, 0.717) is 0 Å². The molecule has 3 nitrogen and oxygen atoms in total. The van der Waals surface area contributed by atoms with Crippen molar-refractivity contribution in [1.29, 1.82) is 0 Å². The fourth-order valence-electron chi connectivity index (χ4n) is 2.15. The zero-order chi connectivity index (χ0) is 11.0. The highest BCUT2D eigenvalue weighted by Gasteiger charge is 2.17. The second kappa shape index (κ2) is 3.67. The van der Waals surface area contributed by atoms with Gasteiger partial charge in [-0.05, 0) is 19.8 Å². The van der Waals surface area contributed by atoms with Crippen molar-refractivity contribution in [3.05, 3.63) is 35.5 Å². The first kappa shape index (κ1) is 9.46. The van der Waals surface area contributed by atoms with Crippen LogP contribution < -0.4 is 5.32 Å². The molecule has 16 heavy (non-hydrogen) atoms. The monoisotopic (exact) mass is 213 g/mol. The molecule has 0 saturated carbocycles. The van der Waals surface area contributed by atoms with Crippen molar-refractivity contribution in [2.45, 2.75) is 19.8 Å². The third kappa shape index (κ3) is 1.48. The molecule has 2 aromatic rings. The third-order valence-electron chi connectivity index (χ3n) is 3.07. The van der Waals surface area contributed by atoms with Crippen LogP contribution >= 0.6 is 0 Å². The summed E-state index contributed by atoms with van der Waals surface area (Å²) in [6, 6.07) is 8.50. The maximum absolute atomic E-state index is 4.41. The van der Waals surface area contributed by atoms with E-state index < -0.39 is 0 Å². The summed E-state index contributed by atoms with van der Waals surface area (Å²) in [5.41, 5.74) is 5.94. The molecule has 0 amide bonds. The minimum atomic E-state index is 1.05. The van der Waals surface area contributed by atoms with Crippen LogP contribution in [0.25, 0.3) is 11.3 Å². The highest BCUT2D eigenvalue weighted by molar-refractivity contribution is 5.76. The molecule has 0 fully saturated rings. The number of anilines is 1. The van der Waals surface area contributed by atoms with E-state index in [0.717, 1.165) is 18.7 Å². The first-order valence-electron chi connectivity index (χ1n) is 5.73. The summed E-state index contributed by atoms with van der Waals surface area (Å²) in [6.07, 6.45) is 2.28. The van der Waals surface area contributed by atoms with Crippen molar-refractivity contribution in [2.24, 2.45) is 0 Å². The summed E-state index contributed by atoms with van der Waals surface area (Å²) in [6.45, 7) is 3.15. The number of benzene rings is 1. The van der Waals surface area contributed by atoms with Crippen LogP contribution in [0.5, 0.6) is 0 Å². The predicted molar refractivity (Wildman–Crippen MR) is 65.6 cm³/mol. The lowest BCUT2D eigenvalue weighted by Gasteiger charge is -2.14. The molecule has 3 rings (SSSR count). The van der Waals surface area contributed by atoms with Crippen molar-refractivity contribution < 1.29 is 0 Å². The Morgan fingerprint density at radius 3 is 2.81 bits per heavy atom. The molecule has 2 N–H and O–H groups in total. The Kier molecular flexibility index (Phi) is 2.17. The Bertz CT molecular complexity index is 496. The van der Waals surface area contributed by atoms with E-state index in [2.05, 4.69) is 46.7 Å². The van der Waals surface area contributed by atoms with E-state index in [1.807, 2.05) is 0 Å². The topological polar surface area (TPSA) is 40.7 Å². The average molecular weight is 213 g/mol. The van der Waals surface area contributed by atoms with Gasteiger partial charge in [0.2, 0.25) is 0 Å². The van der Waals surface area contributed by atoms with Crippen molar-refractivity contribution in [1.82, 2.24) is 10.2 Å². The number of rotatable bonds is 1. The molecule has 3 heteroatoms. The van der Waals surface area contributed by atoms with Crippen molar-refractivity contribution in [2.75, 3.05) is 11.9 Å². The van der Waals surface area contributed by atoms with Crippen molar-refractivity contribution in [3.63, 3.8) is 0 Å². The van der Waals surface area contributed by atoms with Crippen LogP contribution in [-0.4, -0.2) is 16.7 Å². The summed E-state index contributed by atoms with van der Waals surface area (Å²) >= 11 is 0. The number of aromatic nitrogens is 2. The molecular formula is C13H15N3. The van der Waals surface area contributed by atoms with Crippen LogP contribution in [-0.2, 0) is 6.42 Å². The van der Waals surface area contributed by atoms with E-state index in [4.69, 9.17) is 0 Å². The molecule has 0 unspecified atom stereocenters. The van der Waals surface area contributed by atoms with Crippen LogP contribution in [0.4, 0.5) is 5.69 Å². The van der Waals surface area contributed by atoms with E-state index >= 15 is 0 Å². The normalized spacial score (nSPS) is 14.3. The lowest BCUT2D eigenvalue weighted by molar-refractivity contribution is 0.801. The summed E-state index contributed by atoms with van der Waals surface area (Å²) in [5, 5.41) is 11.0. The largest absolute Gasteiger partial charge is 0.382 e. The molecule has 1 aromatic carbocycles. The van der Waals surface area contributed by atoms with E-state index in [1.165, 1.54) is 28.9 Å². The number of aromatic amines is 1. The van der Waals surface area contributed by atoms with Gasteiger partial charge < -0.3 is 5.32 Å². The number of aryl methyl sites for hydroxylation is 2. The van der Waals surface area contributed by atoms with E-state index in [-0.39, 0.29) is 0 Å². The van der Waals surface area contributed by atoms with Crippen LogP contribution in [0.2, 0.25) is 0 Å². The SMILES string of the molecule is Cc1ccc(-c2n[nH]c3c2NCCC3)cc1. The van der Waals surface area contributed by atoms with Crippen molar-refractivity contribution >= 4 is 5.69 Å². The molecule has 82 valence electrons. The molecule has 0 bridgehead atoms. The number of hydrogen-bond acceptors (Lipinski definition) is 2. The molecule has 0 atom stereocenters. The minimum absolute atomic E-state index is 1.05. The zero-order valence-electron chi connectivity index (χ0n) is 9.38. The van der Waals surface area contributed by atoms with Gasteiger partial charge in [0.25, 0.3) is 0 Å². The molecule has 2 heterocycles. The van der Waals surface area contributed by atoms with Gasteiger partial charge in [-0.15, -0.1) is 0 Å². The second-order valence-electron chi connectivity index (χ2n) is 4.32. The van der Waals surface area contributed by atoms with Gasteiger partial charge in [0.05, 0.1) is 11.4 Å². The fraction of sp³-hybridized carbons (Fsp3) is 0.308. The highest BCUT2D eigenvalue weighted by Crippen LogP contribution is 2.31. The minimum Gasteiger partial charge on any atom is -0.382 e. The smallest absolute Gasteiger partial charge is 0.115 e. The van der Waals surface area contributed by atoms with Gasteiger partial charge >= 0.3 is 0 Å². The Morgan fingerprint density at radius 2 is 2.00 bits per heavy atom. The average Bonchev–Trinajstić information content (AvgIpc) is 2.74. The van der Waals surface area contributed by atoms with Crippen LogP contribution in [0, 0.1) is 6.92 Å². The Hall–Kier alpha value is -1.77. The summed E-state index contributed by atoms with van der Waals surface area (Å²) in [5.74, 6) is 0. The highest BCUT2D eigenvalue weighted by atomic mass is 15.2. The summed E-state index contributed by atoms with van der Waals surface area (Å²) in [4.78, 5) is 0. The van der Waals surface area contributed by atoms with Gasteiger partial charge in [0, 0.05) is 12.1 Å². The molecule has 1 aliphatic rings. The first-order valence-corrected chi connectivity index (χ1v) is 5.73. The molecule has 0 saturated heterocycles. The molecule has 1 aliphatic heterocycles. The molecule has 0 radical (unpaired) electrons. The van der Waals surface area contributed by atoms with Gasteiger partial charge in [-0.2, -0.15) is 5.10 Å². The lowest BCUT2D eigenvalue weighted by atomic mass is 10.0. The molecule has 0 aliphatic carbocycles. The van der Waals surface area contributed by atoms with Gasteiger partial charge in [-0.1, -0.05) is 29.8 Å². The maximum atomic E-state index is 4.41. The molecule has 0 spiro atoms. The zero-order valence-corrected chi connectivity index (χ0v) is 9.38. The van der Waals surface area contributed by atoms with Gasteiger partial charge in [-0.25, -0.2) is 0 Å². The summed E-state index contributed by atoms with van der Waals surface area (Å²) < 4.78 is 0. The number of nitrogens with zero attached hydrogens (tertiary/aromatic N) is 1. The lowest BCUT2D eigenvalue weighted by Crippen LogP contribution is -2.10. The maximum Gasteiger partial charge on any atom is 0.115 e. The van der Waals surface area contributed by atoms with Crippen LogP contribution in [0.3, 0.4) is 0 Å². The standard InChI is InChI=1S/C13H15N3/c1-9-4-6-10(7-5-9)12-13-11(15-16-12)3-2-8-14-13/h4-7,14H,2-3,8H2,1H3,(H,15,16). The second-order valence-corrected chi connectivity index (χ2v) is 4.32. The summed E-state index contributed by atoms with van der Waals surface area (Å²) in [7, 11) is 0. The van der Waals surface area contributed by atoms with Crippen molar-refractivity contribution in [3.8, 4) is 11.3 Å². The van der Waals surface area contributed by atoms with Gasteiger partial charge in [0.15, 0.2) is 0 Å². The van der Waals surface area contributed by atoms with E-state index in [9.17, 15) is 0 Å². The number of fused-ring (bicyclic) bond motifs is 1. The Labute approximate surface area is 94.9 Å². The van der Waals surface area contributed by atoms with E-state index in [1.54, 1.807) is 0 Å². The number of hydrogen-bond donors (Lipinski definition) is 2.